The van der Waals surface area contributed by atoms with Crippen LogP contribution < -0.4 is 15.4 Å². The van der Waals surface area contributed by atoms with Crippen molar-refractivity contribution < 1.29 is 14.3 Å². The molecule has 178 valence electrons. The maximum absolute atomic E-state index is 12.4. The van der Waals surface area contributed by atoms with Crippen molar-refractivity contribution in [3.8, 4) is 5.75 Å². The maximum Gasteiger partial charge on any atom is 0.234 e. The summed E-state index contributed by atoms with van der Waals surface area (Å²) in [5, 5.41) is 5.93. The molecule has 2 amide bonds. The lowest BCUT2D eigenvalue weighted by molar-refractivity contribution is -0.122. The molecule has 0 radical (unpaired) electrons. The van der Waals surface area contributed by atoms with Crippen molar-refractivity contribution in [1.82, 2.24) is 15.2 Å². The zero-order valence-corrected chi connectivity index (χ0v) is 20.0. The zero-order valence-electron chi connectivity index (χ0n) is 20.0. The van der Waals surface area contributed by atoms with Crippen LogP contribution in [-0.4, -0.2) is 47.4 Å². The third-order valence-corrected chi connectivity index (χ3v) is 5.81. The highest BCUT2D eigenvalue weighted by molar-refractivity contribution is 5.90. The number of anilines is 1. The van der Waals surface area contributed by atoms with Crippen molar-refractivity contribution in [3.05, 3.63) is 53.3 Å². The summed E-state index contributed by atoms with van der Waals surface area (Å²) in [5.74, 6) is 0.879. The van der Waals surface area contributed by atoms with E-state index >= 15 is 0 Å². The first-order valence-electron chi connectivity index (χ1n) is 11.9. The third kappa shape index (κ3) is 8.17. The highest BCUT2D eigenvalue weighted by atomic mass is 16.5. The molecule has 0 atom stereocenters. The first-order chi connectivity index (χ1) is 15.9. The second-order valence-corrected chi connectivity index (χ2v) is 8.94. The summed E-state index contributed by atoms with van der Waals surface area (Å²) in [6.07, 6.45) is 5.62. The Labute approximate surface area is 196 Å². The van der Waals surface area contributed by atoms with E-state index in [0.29, 0.717) is 44.8 Å². The van der Waals surface area contributed by atoms with Gasteiger partial charge in [-0.1, -0.05) is 12.1 Å². The third-order valence-electron chi connectivity index (χ3n) is 5.81. The van der Waals surface area contributed by atoms with Gasteiger partial charge in [0.05, 0.1) is 25.0 Å². The van der Waals surface area contributed by atoms with Crippen LogP contribution in [0.1, 0.15) is 56.4 Å². The van der Waals surface area contributed by atoms with E-state index in [9.17, 15) is 9.59 Å². The molecule has 0 bridgehead atoms. The van der Waals surface area contributed by atoms with E-state index < -0.39 is 0 Å². The van der Waals surface area contributed by atoms with Gasteiger partial charge in [-0.2, -0.15) is 0 Å². The molecule has 0 fully saturated rings. The van der Waals surface area contributed by atoms with Gasteiger partial charge in [0.2, 0.25) is 11.8 Å². The Morgan fingerprint density at radius 3 is 2.79 bits per heavy atom. The number of amides is 2. The number of aromatic nitrogens is 1. The fourth-order valence-electron chi connectivity index (χ4n) is 3.77. The Kier molecular flexibility index (Phi) is 9.24. The Balaban J connectivity index is 1.69. The van der Waals surface area contributed by atoms with Crippen molar-refractivity contribution >= 4 is 17.5 Å². The number of carbonyl (C=O) groups is 2. The molecule has 1 aromatic heterocycles. The van der Waals surface area contributed by atoms with Crippen molar-refractivity contribution in [3.63, 3.8) is 0 Å². The number of hydrogen-bond acceptors (Lipinski definition) is 5. The van der Waals surface area contributed by atoms with E-state index in [2.05, 4.69) is 40.4 Å². The number of aryl methyl sites for hydroxylation is 2. The van der Waals surface area contributed by atoms with E-state index in [0.717, 1.165) is 41.8 Å². The second-order valence-electron chi connectivity index (χ2n) is 8.94. The number of nitrogens with one attached hydrogen (secondary N) is 2. The van der Waals surface area contributed by atoms with Crippen LogP contribution in [0.25, 0.3) is 0 Å². The summed E-state index contributed by atoms with van der Waals surface area (Å²) in [5.41, 5.74) is 3.75. The molecule has 0 spiro atoms. The number of benzene rings is 1. The lowest BCUT2D eigenvalue weighted by atomic mass is 10.0. The topological polar surface area (TPSA) is 83.6 Å². The van der Waals surface area contributed by atoms with Crippen LogP contribution in [0.2, 0.25) is 0 Å². The van der Waals surface area contributed by atoms with Gasteiger partial charge < -0.3 is 15.4 Å². The van der Waals surface area contributed by atoms with Crippen LogP contribution >= 0.6 is 0 Å². The number of ether oxygens (including phenoxy) is 1. The molecule has 0 aliphatic carbocycles. The van der Waals surface area contributed by atoms with Crippen LogP contribution in [0, 0.1) is 6.92 Å². The molecule has 7 heteroatoms. The van der Waals surface area contributed by atoms with Gasteiger partial charge in [-0.05, 0) is 70.2 Å². The first kappa shape index (κ1) is 24.7. The molecular weight excluding hydrogens is 416 g/mol. The minimum Gasteiger partial charge on any atom is -0.493 e. The van der Waals surface area contributed by atoms with Crippen molar-refractivity contribution in [2.24, 2.45) is 0 Å². The number of hydrogen-bond donors (Lipinski definition) is 2. The van der Waals surface area contributed by atoms with E-state index in [1.54, 1.807) is 6.20 Å². The molecule has 0 saturated heterocycles. The Hall–Kier alpha value is -2.93. The van der Waals surface area contributed by atoms with Crippen LogP contribution in [0.5, 0.6) is 5.75 Å². The average Bonchev–Trinajstić information content (AvgIpc) is 2.80. The fraction of sp³-hybridized carbons (Fsp3) is 0.500. The number of fused-ring (bicyclic) bond motifs is 1. The molecule has 0 saturated carbocycles. The lowest BCUT2D eigenvalue weighted by Gasteiger charge is -2.27. The van der Waals surface area contributed by atoms with Gasteiger partial charge in [0.15, 0.2) is 0 Å². The van der Waals surface area contributed by atoms with Gasteiger partial charge in [0, 0.05) is 36.8 Å². The minimum absolute atomic E-state index is 0.0404. The summed E-state index contributed by atoms with van der Waals surface area (Å²) < 4.78 is 6.11. The smallest absolute Gasteiger partial charge is 0.234 e. The van der Waals surface area contributed by atoms with E-state index in [4.69, 9.17) is 4.74 Å². The molecule has 2 aromatic rings. The van der Waals surface area contributed by atoms with E-state index in [-0.39, 0.29) is 17.9 Å². The first-order valence-corrected chi connectivity index (χ1v) is 11.9. The highest BCUT2D eigenvalue weighted by Crippen LogP contribution is 2.24. The maximum atomic E-state index is 12.4. The number of nitrogens with zero attached hydrogens (tertiary/aromatic N) is 2. The summed E-state index contributed by atoms with van der Waals surface area (Å²) in [4.78, 5) is 31.2. The standard InChI is InChI=1S/C26H36N4O3/c1-19(2)30-17-22-15-21(9-12-25(31)29-23-10-7-20(3)28-16-23)8-11-24(22)33-14-6-4-5-13-27-26(32)18-30/h7-8,10-11,15-16,19H,4-6,9,12-14,17-18H2,1-3H3,(H,27,32)(H,29,31). The number of pyridine rings is 1. The molecule has 2 N–H and O–H groups in total. The molecule has 7 nitrogen and oxygen atoms in total. The molecule has 0 unspecified atom stereocenters. The molecule has 1 aromatic carbocycles. The predicted molar refractivity (Wildman–Crippen MR) is 130 cm³/mol. The van der Waals surface area contributed by atoms with Crippen molar-refractivity contribution in [2.75, 3.05) is 25.0 Å². The Morgan fingerprint density at radius 2 is 2.03 bits per heavy atom. The normalized spacial score (nSPS) is 15.9. The largest absolute Gasteiger partial charge is 0.493 e. The molecule has 1 aliphatic rings. The lowest BCUT2D eigenvalue weighted by Crippen LogP contribution is -2.40. The van der Waals surface area contributed by atoms with Gasteiger partial charge >= 0.3 is 0 Å². The number of carbonyl (C=O) groups excluding carboxylic acids is 2. The molecule has 1 aliphatic heterocycles. The van der Waals surface area contributed by atoms with Crippen LogP contribution in [-0.2, 0) is 22.6 Å². The summed E-state index contributed by atoms with van der Waals surface area (Å²) in [6.45, 7) is 8.46. The molecular formula is C26H36N4O3. The van der Waals surface area contributed by atoms with Crippen molar-refractivity contribution in [1.29, 1.82) is 0 Å². The van der Waals surface area contributed by atoms with Crippen LogP contribution in [0.3, 0.4) is 0 Å². The van der Waals surface area contributed by atoms with Gasteiger partial charge in [-0.3, -0.25) is 19.5 Å². The van der Waals surface area contributed by atoms with E-state index in [1.165, 1.54) is 0 Å². The van der Waals surface area contributed by atoms with Crippen LogP contribution in [0.15, 0.2) is 36.5 Å². The van der Waals surface area contributed by atoms with Gasteiger partial charge in [0.1, 0.15) is 5.75 Å². The summed E-state index contributed by atoms with van der Waals surface area (Å²) in [7, 11) is 0. The number of rotatable bonds is 5. The SMILES string of the molecule is Cc1ccc(NC(=O)CCc2ccc3c(c2)CN(C(C)C)CC(=O)NCCCCCO3)cn1. The summed E-state index contributed by atoms with van der Waals surface area (Å²) >= 11 is 0. The van der Waals surface area contributed by atoms with Gasteiger partial charge in [-0.15, -0.1) is 0 Å². The highest BCUT2D eigenvalue weighted by Gasteiger charge is 2.18. The summed E-state index contributed by atoms with van der Waals surface area (Å²) in [6, 6.07) is 10.1. The Morgan fingerprint density at radius 1 is 1.18 bits per heavy atom. The Bertz CT molecular complexity index is 928. The fourth-order valence-corrected chi connectivity index (χ4v) is 3.77. The van der Waals surface area contributed by atoms with Crippen LogP contribution in [0.4, 0.5) is 5.69 Å². The monoisotopic (exact) mass is 452 g/mol. The average molecular weight is 453 g/mol. The molecule has 33 heavy (non-hydrogen) atoms. The zero-order chi connectivity index (χ0) is 23.6. The van der Waals surface area contributed by atoms with E-state index in [1.807, 2.05) is 31.2 Å². The van der Waals surface area contributed by atoms with Gasteiger partial charge in [0.25, 0.3) is 0 Å². The minimum atomic E-state index is -0.0404. The quantitative estimate of drug-likeness (QED) is 0.720. The van der Waals surface area contributed by atoms with Gasteiger partial charge in [-0.25, -0.2) is 0 Å². The van der Waals surface area contributed by atoms with Crippen molar-refractivity contribution in [2.45, 2.75) is 65.5 Å². The predicted octanol–water partition coefficient (Wildman–Crippen LogP) is 3.85. The molecule has 3 rings (SSSR count). The molecule has 2 heterocycles. The second kappa shape index (κ2) is 12.3.